The van der Waals surface area contributed by atoms with Crippen molar-refractivity contribution in [1.82, 2.24) is 4.90 Å². The number of allylic oxidation sites excluding steroid dienone is 2. The fourth-order valence-electron chi connectivity index (χ4n) is 2.24. The van der Waals surface area contributed by atoms with Crippen LogP contribution in [0.4, 0.5) is 5.69 Å². The number of hydrogen-bond donors (Lipinski definition) is 0. The van der Waals surface area contributed by atoms with Crippen molar-refractivity contribution in [2.45, 2.75) is 6.54 Å². The number of thioether (sulfide) groups is 1. The first-order valence-corrected chi connectivity index (χ1v) is 8.46. The third-order valence-electron chi connectivity index (χ3n) is 3.42. The molecule has 0 spiro atoms. The predicted molar refractivity (Wildman–Crippen MR) is 99.7 cm³/mol. The van der Waals surface area contributed by atoms with E-state index in [1.807, 2.05) is 0 Å². The van der Waals surface area contributed by atoms with Crippen molar-refractivity contribution in [3.05, 3.63) is 81.2 Å². The van der Waals surface area contributed by atoms with E-state index in [0.29, 0.717) is 20.5 Å². The highest BCUT2D eigenvalue weighted by Gasteiger charge is 2.32. The van der Waals surface area contributed by atoms with Crippen LogP contribution in [0, 0.1) is 10.1 Å². The molecule has 1 saturated heterocycles. The van der Waals surface area contributed by atoms with Gasteiger partial charge in [-0.15, -0.1) is 0 Å². The van der Waals surface area contributed by atoms with Gasteiger partial charge in [-0.2, -0.15) is 0 Å². The molecule has 0 radical (unpaired) electrons. The van der Waals surface area contributed by atoms with Crippen molar-refractivity contribution in [2.24, 2.45) is 0 Å². The molecule has 0 saturated carbocycles. The maximum absolute atomic E-state index is 12.4. The highest BCUT2D eigenvalue weighted by molar-refractivity contribution is 8.26. The van der Waals surface area contributed by atoms with Crippen molar-refractivity contribution in [3.8, 4) is 0 Å². The van der Waals surface area contributed by atoms with Gasteiger partial charge >= 0.3 is 0 Å². The maximum Gasteiger partial charge on any atom is 0.276 e. The Morgan fingerprint density at radius 2 is 2.08 bits per heavy atom. The number of nitrogens with zero attached hydrogens (tertiary/aromatic N) is 2. The Bertz CT molecular complexity index is 888. The molecule has 0 bridgehead atoms. The molecule has 1 aromatic heterocycles. The number of hydrogen-bond acceptors (Lipinski definition) is 6. The second-order valence-corrected chi connectivity index (χ2v) is 6.72. The number of nitro groups is 1. The van der Waals surface area contributed by atoms with Gasteiger partial charge in [0.25, 0.3) is 11.6 Å². The lowest BCUT2D eigenvalue weighted by atomic mass is 10.1. The van der Waals surface area contributed by atoms with E-state index >= 15 is 0 Å². The zero-order valence-electron chi connectivity index (χ0n) is 12.8. The van der Waals surface area contributed by atoms with Gasteiger partial charge in [-0.05, 0) is 30.4 Å². The Hall–Kier alpha value is -2.71. The number of carbonyl (C=O) groups excluding carboxylic acids is 1. The third-order valence-corrected chi connectivity index (χ3v) is 4.82. The lowest BCUT2D eigenvalue weighted by molar-refractivity contribution is -0.385. The second-order valence-electron chi connectivity index (χ2n) is 5.04. The molecule has 1 amide bonds. The van der Waals surface area contributed by atoms with Crippen LogP contribution in [0.15, 0.2) is 64.1 Å². The molecule has 1 aromatic carbocycles. The van der Waals surface area contributed by atoms with Crippen molar-refractivity contribution in [3.63, 3.8) is 0 Å². The number of amides is 1. The highest BCUT2D eigenvalue weighted by Crippen LogP contribution is 2.32. The minimum absolute atomic E-state index is 0.0116. The smallest absolute Gasteiger partial charge is 0.276 e. The van der Waals surface area contributed by atoms with Gasteiger partial charge in [0.2, 0.25) is 0 Å². The summed E-state index contributed by atoms with van der Waals surface area (Å²) in [6, 6.07) is 9.92. The van der Waals surface area contributed by atoms with Crippen molar-refractivity contribution < 1.29 is 14.1 Å². The Morgan fingerprint density at radius 3 is 2.80 bits per heavy atom. The van der Waals surface area contributed by atoms with Gasteiger partial charge in [0.05, 0.1) is 28.2 Å². The number of thiocarbonyl (C=S) groups is 1. The van der Waals surface area contributed by atoms with Crippen LogP contribution in [0.3, 0.4) is 0 Å². The zero-order valence-corrected chi connectivity index (χ0v) is 14.5. The van der Waals surface area contributed by atoms with Crippen molar-refractivity contribution in [1.29, 1.82) is 0 Å². The summed E-state index contributed by atoms with van der Waals surface area (Å²) in [4.78, 5) is 24.9. The normalized spacial score (nSPS) is 16.3. The topological polar surface area (TPSA) is 76.6 Å². The molecule has 1 aliphatic rings. The molecule has 1 aliphatic heterocycles. The van der Waals surface area contributed by atoms with Crippen LogP contribution >= 0.6 is 24.0 Å². The Morgan fingerprint density at radius 1 is 1.28 bits per heavy atom. The zero-order chi connectivity index (χ0) is 17.8. The van der Waals surface area contributed by atoms with Gasteiger partial charge in [-0.3, -0.25) is 19.8 Å². The standard InChI is InChI=1S/C17H12N2O4S2/c20-16-15(25-17(24)18(16)11-13-7-4-10-23-13)9-3-6-12-5-1-2-8-14(12)19(21)22/h1-10H,11H2/b6-3+,15-9+. The first kappa shape index (κ1) is 17.1. The molecule has 0 atom stereocenters. The van der Waals surface area contributed by atoms with E-state index in [-0.39, 0.29) is 18.1 Å². The van der Waals surface area contributed by atoms with Crippen LogP contribution < -0.4 is 0 Å². The second kappa shape index (κ2) is 7.45. The maximum atomic E-state index is 12.4. The number of carbonyl (C=O) groups is 1. The van der Waals surface area contributed by atoms with E-state index in [9.17, 15) is 14.9 Å². The summed E-state index contributed by atoms with van der Waals surface area (Å²) in [6.45, 7) is 0.281. The Labute approximate surface area is 153 Å². The molecule has 0 unspecified atom stereocenters. The Kier molecular flexibility index (Phi) is 5.11. The quantitative estimate of drug-likeness (QED) is 0.340. The highest BCUT2D eigenvalue weighted by atomic mass is 32.2. The summed E-state index contributed by atoms with van der Waals surface area (Å²) in [6.07, 6.45) is 6.36. The summed E-state index contributed by atoms with van der Waals surface area (Å²) in [5, 5.41) is 11.0. The lowest BCUT2D eigenvalue weighted by Gasteiger charge is -2.11. The summed E-state index contributed by atoms with van der Waals surface area (Å²) < 4.78 is 5.69. The molecular weight excluding hydrogens is 360 g/mol. The van der Waals surface area contributed by atoms with E-state index in [2.05, 4.69) is 0 Å². The molecule has 25 heavy (non-hydrogen) atoms. The molecule has 3 rings (SSSR count). The SMILES string of the molecule is O=C1/C(=C\C=C\c2ccccc2[N+](=O)[O-])SC(=S)N1Cc1ccco1. The molecule has 6 nitrogen and oxygen atoms in total. The van der Waals surface area contributed by atoms with Gasteiger partial charge in [-0.1, -0.05) is 42.2 Å². The summed E-state index contributed by atoms with van der Waals surface area (Å²) in [5.74, 6) is 0.437. The minimum Gasteiger partial charge on any atom is -0.467 e. The van der Waals surface area contributed by atoms with Gasteiger partial charge in [0.1, 0.15) is 10.1 Å². The molecule has 0 aliphatic carbocycles. The number of furan rings is 1. The minimum atomic E-state index is -0.442. The fourth-order valence-corrected chi connectivity index (χ4v) is 3.45. The molecule has 2 aromatic rings. The number of para-hydroxylation sites is 1. The Balaban J connectivity index is 1.75. The number of nitro benzene ring substituents is 1. The summed E-state index contributed by atoms with van der Waals surface area (Å²) in [7, 11) is 0. The van der Waals surface area contributed by atoms with E-state index in [1.165, 1.54) is 22.7 Å². The van der Waals surface area contributed by atoms with Gasteiger partial charge < -0.3 is 4.42 Å². The summed E-state index contributed by atoms with van der Waals surface area (Å²) >= 11 is 6.43. The molecule has 0 N–H and O–H groups in total. The molecular formula is C17H12N2O4S2. The number of rotatable bonds is 5. The van der Waals surface area contributed by atoms with Gasteiger partial charge in [0, 0.05) is 6.07 Å². The van der Waals surface area contributed by atoms with Crippen molar-refractivity contribution in [2.75, 3.05) is 0 Å². The van der Waals surface area contributed by atoms with Gasteiger partial charge in [-0.25, -0.2) is 0 Å². The molecule has 2 heterocycles. The fraction of sp³-hybridized carbons (Fsp3) is 0.0588. The van der Waals surface area contributed by atoms with Crippen LogP contribution in [0.5, 0.6) is 0 Å². The molecule has 8 heteroatoms. The van der Waals surface area contributed by atoms with E-state index < -0.39 is 4.92 Å². The van der Waals surface area contributed by atoms with E-state index in [4.69, 9.17) is 16.6 Å². The van der Waals surface area contributed by atoms with Crippen molar-refractivity contribution >= 4 is 46.0 Å². The average Bonchev–Trinajstić information content (AvgIpc) is 3.19. The average molecular weight is 372 g/mol. The predicted octanol–water partition coefficient (Wildman–Crippen LogP) is 4.15. The number of benzene rings is 1. The van der Waals surface area contributed by atoms with Crippen LogP contribution in [0.25, 0.3) is 6.08 Å². The summed E-state index contributed by atoms with van der Waals surface area (Å²) in [5.41, 5.74) is 0.479. The van der Waals surface area contributed by atoms with Crippen LogP contribution in [-0.4, -0.2) is 20.1 Å². The largest absolute Gasteiger partial charge is 0.467 e. The van der Waals surface area contributed by atoms with Crippen LogP contribution in [0.1, 0.15) is 11.3 Å². The monoisotopic (exact) mass is 372 g/mol. The first-order valence-electron chi connectivity index (χ1n) is 7.24. The van der Waals surface area contributed by atoms with Crippen LogP contribution in [0.2, 0.25) is 0 Å². The third kappa shape index (κ3) is 3.86. The van der Waals surface area contributed by atoms with Gasteiger partial charge in [0.15, 0.2) is 0 Å². The van der Waals surface area contributed by atoms with E-state index in [1.54, 1.807) is 54.8 Å². The first-order chi connectivity index (χ1) is 12.1. The van der Waals surface area contributed by atoms with Crippen LogP contribution in [-0.2, 0) is 11.3 Å². The molecule has 1 fully saturated rings. The van der Waals surface area contributed by atoms with E-state index in [0.717, 1.165) is 0 Å². The molecule has 126 valence electrons. The lowest BCUT2D eigenvalue weighted by Crippen LogP contribution is -2.27.